The van der Waals surface area contributed by atoms with Gasteiger partial charge in [0.2, 0.25) is 11.8 Å². The van der Waals surface area contributed by atoms with Crippen molar-refractivity contribution in [1.29, 1.82) is 0 Å². The van der Waals surface area contributed by atoms with Gasteiger partial charge in [-0.05, 0) is 31.2 Å². The summed E-state index contributed by atoms with van der Waals surface area (Å²) in [6.45, 7) is 4.19. The van der Waals surface area contributed by atoms with E-state index in [1.165, 1.54) is 11.3 Å². The van der Waals surface area contributed by atoms with Gasteiger partial charge in [-0.25, -0.2) is 4.98 Å². The lowest BCUT2D eigenvalue weighted by Gasteiger charge is -2.27. The Morgan fingerprint density at radius 1 is 1.19 bits per heavy atom. The maximum absolute atomic E-state index is 5.52. The molecule has 0 unspecified atom stereocenters. The summed E-state index contributed by atoms with van der Waals surface area (Å²) in [4.78, 5) is 11.0. The van der Waals surface area contributed by atoms with E-state index in [2.05, 4.69) is 25.1 Å². The molecule has 0 saturated carbocycles. The number of rotatable bonds is 5. The maximum Gasteiger partial charge on any atom is 0.228 e. The lowest BCUT2D eigenvalue weighted by molar-refractivity contribution is 0.340. The van der Waals surface area contributed by atoms with Crippen LogP contribution in [0.3, 0.4) is 0 Å². The molecule has 0 aliphatic carbocycles. The van der Waals surface area contributed by atoms with Crippen LogP contribution >= 0.6 is 0 Å². The smallest absolute Gasteiger partial charge is 0.228 e. The third kappa shape index (κ3) is 3.08. The fraction of sp³-hybridized carbons (Fsp3) is 0.316. The zero-order valence-corrected chi connectivity index (χ0v) is 14.9. The van der Waals surface area contributed by atoms with E-state index in [0.717, 1.165) is 30.0 Å². The van der Waals surface area contributed by atoms with E-state index in [4.69, 9.17) is 9.47 Å². The molecule has 1 aliphatic rings. The normalized spacial score (nSPS) is 13.4. The molecule has 0 atom stereocenters. The van der Waals surface area contributed by atoms with Gasteiger partial charge in [0.05, 0.1) is 19.4 Å². The summed E-state index contributed by atoms with van der Waals surface area (Å²) < 4.78 is 10.7. The first-order valence-corrected chi connectivity index (χ1v) is 8.70. The molecule has 7 heteroatoms. The molecule has 0 bridgehead atoms. The minimum Gasteiger partial charge on any atom is -0.494 e. The Bertz CT molecular complexity index is 891. The van der Waals surface area contributed by atoms with Gasteiger partial charge < -0.3 is 14.4 Å². The van der Waals surface area contributed by atoms with E-state index in [0.29, 0.717) is 25.0 Å². The monoisotopic (exact) mass is 351 g/mol. The summed E-state index contributed by atoms with van der Waals surface area (Å²) >= 11 is 0. The molecule has 7 nitrogen and oxygen atoms in total. The van der Waals surface area contributed by atoms with Crippen LogP contribution in [0.4, 0.5) is 5.95 Å². The number of H-pyrrole nitrogens is 1. The average molecular weight is 351 g/mol. The van der Waals surface area contributed by atoms with Crippen LogP contribution in [0.5, 0.6) is 11.6 Å². The van der Waals surface area contributed by atoms with Crippen molar-refractivity contribution in [2.45, 2.75) is 19.9 Å². The number of ether oxygens (including phenoxy) is 2. The summed E-state index contributed by atoms with van der Waals surface area (Å²) in [5.74, 6) is 2.11. The Balaban J connectivity index is 1.61. The van der Waals surface area contributed by atoms with Crippen LogP contribution in [0.25, 0.3) is 11.3 Å². The van der Waals surface area contributed by atoms with Crippen molar-refractivity contribution in [3.63, 3.8) is 0 Å². The first-order chi connectivity index (χ1) is 12.8. The van der Waals surface area contributed by atoms with Crippen LogP contribution in [0.2, 0.25) is 0 Å². The van der Waals surface area contributed by atoms with Crippen molar-refractivity contribution in [1.82, 2.24) is 20.2 Å². The number of anilines is 1. The zero-order chi connectivity index (χ0) is 17.9. The summed E-state index contributed by atoms with van der Waals surface area (Å²) in [6.07, 6.45) is 2.60. The average Bonchev–Trinajstić information content (AvgIpc) is 3.12. The predicted molar refractivity (Wildman–Crippen MR) is 98.5 cm³/mol. The fourth-order valence-electron chi connectivity index (χ4n) is 3.18. The van der Waals surface area contributed by atoms with Crippen LogP contribution < -0.4 is 14.4 Å². The van der Waals surface area contributed by atoms with Crippen LogP contribution in [0.15, 0.2) is 36.5 Å². The standard InChI is InChI=1S/C19H21N5O2/c1-3-26-14-6-4-13(5-7-14)18-15-12-24(11-9-16(15)22-23-18)19-20-10-8-17(21-19)25-2/h4-8,10H,3,9,11-12H2,1-2H3,(H,22,23). The van der Waals surface area contributed by atoms with Gasteiger partial charge in [0.15, 0.2) is 0 Å². The molecule has 0 spiro atoms. The lowest BCUT2D eigenvalue weighted by Crippen LogP contribution is -2.31. The number of fused-ring (bicyclic) bond motifs is 1. The number of methoxy groups -OCH3 is 1. The van der Waals surface area contributed by atoms with Crippen molar-refractivity contribution in [3.05, 3.63) is 47.8 Å². The first-order valence-electron chi connectivity index (χ1n) is 8.70. The SMILES string of the molecule is CCOc1ccc(-c2n[nH]c3c2CN(c2nccc(OC)n2)CC3)cc1. The highest BCUT2D eigenvalue weighted by Crippen LogP contribution is 2.30. The van der Waals surface area contributed by atoms with Gasteiger partial charge in [0.25, 0.3) is 0 Å². The van der Waals surface area contributed by atoms with E-state index >= 15 is 0 Å². The molecule has 134 valence electrons. The molecule has 3 heterocycles. The number of benzene rings is 1. The molecule has 1 aromatic carbocycles. The minimum atomic E-state index is 0.569. The Hall–Kier alpha value is -3.09. The largest absolute Gasteiger partial charge is 0.494 e. The molecular formula is C19H21N5O2. The Labute approximate surface area is 152 Å². The first kappa shape index (κ1) is 16.4. The van der Waals surface area contributed by atoms with Crippen LogP contribution in [0.1, 0.15) is 18.2 Å². The number of aromatic nitrogens is 4. The van der Waals surface area contributed by atoms with Gasteiger partial charge in [-0.3, -0.25) is 5.10 Å². The number of aromatic amines is 1. The zero-order valence-electron chi connectivity index (χ0n) is 14.9. The fourth-order valence-corrected chi connectivity index (χ4v) is 3.18. The molecule has 3 aromatic rings. The van der Waals surface area contributed by atoms with Crippen molar-refractivity contribution in [3.8, 4) is 22.9 Å². The van der Waals surface area contributed by atoms with E-state index in [-0.39, 0.29) is 0 Å². The molecule has 1 aliphatic heterocycles. The van der Waals surface area contributed by atoms with E-state index in [1.54, 1.807) is 19.4 Å². The highest BCUT2D eigenvalue weighted by molar-refractivity contribution is 5.66. The van der Waals surface area contributed by atoms with Crippen molar-refractivity contribution in [2.75, 3.05) is 25.2 Å². The second kappa shape index (κ2) is 7.03. The van der Waals surface area contributed by atoms with Gasteiger partial charge >= 0.3 is 0 Å². The lowest BCUT2D eigenvalue weighted by atomic mass is 10.0. The molecular weight excluding hydrogens is 330 g/mol. The highest BCUT2D eigenvalue weighted by atomic mass is 16.5. The summed E-state index contributed by atoms with van der Waals surface area (Å²) in [5, 5.41) is 7.73. The number of nitrogens with zero attached hydrogens (tertiary/aromatic N) is 4. The Kier molecular flexibility index (Phi) is 4.43. The molecule has 2 aromatic heterocycles. The molecule has 0 fully saturated rings. The second-order valence-corrected chi connectivity index (χ2v) is 6.06. The maximum atomic E-state index is 5.52. The van der Waals surface area contributed by atoms with E-state index < -0.39 is 0 Å². The topological polar surface area (TPSA) is 76.2 Å². The molecule has 4 rings (SSSR count). The number of nitrogens with one attached hydrogen (secondary N) is 1. The van der Waals surface area contributed by atoms with Gasteiger partial charge in [-0.2, -0.15) is 10.1 Å². The van der Waals surface area contributed by atoms with E-state index in [1.807, 2.05) is 31.2 Å². The van der Waals surface area contributed by atoms with Crippen molar-refractivity contribution < 1.29 is 9.47 Å². The third-order valence-corrected chi connectivity index (χ3v) is 4.48. The minimum absolute atomic E-state index is 0.569. The van der Waals surface area contributed by atoms with Crippen molar-refractivity contribution in [2.24, 2.45) is 0 Å². The van der Waals surface area contributed by atoms with Crippen LogP contribution in [-0.2, 0) is 13.0 Å². The highest BCUT2D eigenvalue weighted by Gasteiger charge is 2.24. The molecule has 26 heavy (non-hydrogen) atoms. The van der Waals surface area contributed by atoms with Gasteiger partial charge in [-0.1, -0.05) is 0 Å². The summed E-state index contributed by atoms with van der Waals surface area (Å²) in [7, 11) is 1.61. The van der Waals surface area contributed by atoms with Gasteiger partial charge in [-0.15, -0.1) is 0 Å². The third-order valence-electron chi connectivity index (χ3n) is 4.48. The van der Waals surface area contributed by atoms with Crippen LogP contribution in [0, 0.1) is 0 Å². The predicted octanol–water partition coefficient (Wildman–Crippen LogP) is 2.84. The number of hydrogen-bond donors (Lipinski definition) is 1. The van der Waals surface area contributed by atoms with Gasteiger partial charge in [0.1, 0.15) is 5.75 Å². The molecule has 0 saturated heterocycles. The van der Waals surface area contributed by atoms with E-state index in [9.17, 15) is 0 Å². The summed E-state index contributed by atoms with van der Waals surface area (Å²) in [5.41, 5.74) is 4.40. The molecule has 1 N–H and O–H groups in total. The van der Waals surface area contributed by atoms with Gasteiger partial charge in [0, 0.05) is 48.6 Å². The summed E-state index contributed by atoms with van der Waals surface area (Å²) in [6, 6.07) is 9.80. The number of hydrogen-bond acceptors (Lipinski definition) is 6. The molecule has 0 amide bonds. The van der Waals surface area contributed by atoms with Crippen LogP contribution in [-0.4, -0.2) is 40.4 Å². The Morgan fingerprint density at radius 3 is 2.81 bits per heavy atom. The molecule has 0 radical (unpaired) electrons. The quantitative estimate of drug-likeness (QED) is 0.762. The van der Waals surface area contributed by atoms with Crippen molar-refractivity contribution >= 4 is 5.95 Å². The second-order valence-electron chi connectivity index (χ2n) is 6.06. The Morgan fingerprint density at radius 2 is 2.04 bits per heavy atom.